The van der Waals surface area contributed by atoms with Crippen molar-refractivity contribution < 1.29 is 0 Å². The first-order valence-corrected chi connectivity index (χ1v) is 10.9. The zero-order valence-corrected chi connectivity index (χ0v) is 16.7. The second-order valence-corrected chi connectivity index (χ2v) is 9.38. The van der Waals surface area contributed by atoms with Crippen LogP contribution in [-0.4, -0.2) is 12.8 Å². The fraction of sp³-hybridized carbons (Fsp3) is 0.250. The van der Waals surface area contributed by atoms with Crippen LogP contribution in [0.3, 0.4) is 0 Å². The maximum atomic E-state index is 4.20. The molecule has 0 bridgehead atoms. The summed E-state index contributed by atoms with van der Waals surface area (Å²) in [6, 6.07) is 13.6. The van der Waals surface area contributed by atoms with E-state index in [-0.39, 0.29) is 7.92 Å². The molecule has 1 heteroatoms. The Labute approximate surface area is 153 Å². The Balaban J connectivity index is 1.72. The molecule has 2 aromatic rings. The van der Waals surface area contributed by atoms with Crippen LogP contribution >= 0.6 is 7.92 Å². The van der Waals surface area contributed by atoms with Crippen LogP contribution < -0.4 is 0 Å². The lowest BCUT2D eigenvalue weighted by molar-refractivity contribution is 1.16. The highest BCUT2D eigenvalue weighted by Crippen LogP contribution is 2.47. The highest BCUT2D eigenvalue weighted by Gasteiger charge is 2.14. The zero-order valence-electron chi connectivity index (χ0n) is 15.8. The molecule has 0 radical (unpaired) electrons. The van der Waals surface area contributed by atoms with Crippen molar-refractivity contribution in [3.05, 3.63) is 99.4 Å². The minimum absolute atomic E-state index is 0.149. The SMILES string of the molecule is C=C(/C=C\c1ccc(Cc2cc(C)cc(C)c2)cc1C)C1=CP(C)C1. The maximum Gasteiger partial charge on any atom is -0.00255 e. The standard InChI is InChI=1S/C24H27P/c1-17-10-18(2)12-22(11-17)14-21-7-9-23(20(4)13-21)8-6-19(3)24-15-25(5)16-24/h6-13,15H,3,14,16H2,1-2,4-5H3/b8-6-. The highest BCUT2D eigenvalue weighted by atomic mass is 31.1. The monoisotopic (exact) mass is 346 g/mol. The van der Waals surface area contributed by atoms with Gasteiger partial charge in [-0.1, -0.05) is 80.0 Å². The third-order valence-electron chi connectivity index (χ3n) is 4.70. The third kappa shape index (κ3) is 4.59. The molecule has 0 aliphatic carbocycles. The minimum Gasteiger partial charge on any atom is -0.0915 e. The van der Waals surface area contributed by atoms with Gasteiger partial charge in [0.05, 0.1) is 0 Å². The number of allylic oxidation sites excluding steroid dienone is 3. The molecule has 0 saturated carbocycles. The van der Waals surface area contributed by atoms with Crippen molar-refractivity contribution in [3.8, 4) is 0 Å². The quantitative estimate of drug-likeness (QED) is 0.413. The van der Waals surface area contributed by atoms with Gasteiger partial charge in [0.2, 0.25) is 0 Å². The average Bonchev–Trinajstić information content (AvgIpc) is 2.50. The highest BCUT2D eigenvalue weighted by molar-refractivity contribution is 7.62. The second-order valence-electron chi connectivity index (χ2n) is 7.29. The topological polar surface area (TPSA) is 0 Å². The normalized spacial score (nSPS) is 16.6. The number of aryl methyl sites for hydroxylation is 3. The van der Waals surface area contributed by atoms with Crippen LogP contribution in [0.25, 0.3) is 6.08 Å². The van der Waals surface area contributed by atoms with E-state index in [9.17, 15) is 0 Å². The molecule has 1 heterocycles. The molecular formula is C24H27P. The molecule has 3 rings (SSSR count). The van der Waals surface area contributed by atoms with Gasteiger partial charge in [-0.05, 0) is 73.4 Å². The van der Waals surface area contributed by atoms with E-state index in [2.05, 4.69) is 88.4 Å². The second kappa shape index (κ2) is 7.54. The summed E-state index contributed by atoms with van der Waals surface area (Å²) >= 11 is 0. The van der Waals surface area contributed by atoms with E-state index in [0.717, 1.165) is 6.42 Å². The smallest absolute Gasteiger partial charge is 0.00255 e. The van der Waals surface area contributed by atoms with Gasteiger partial charge in [-0.15, -0.1) is 0 Å². The van der Waals surface area contributed by atoms with Gasteiger partial charge in [0, 0.05) is 0 Å². The molecule has 0 fully saturated rings. The number of benzene rings is 2. The van der Waals surface area contributed by atoms with Crippen molar-refractivity contribution in [2.75, 3.05) is 12.8 Å². The molecular weight excluding hydrogens is 319 g/mol. The molecule has 1 unspecified atom stereocenters. The molecule has 0 saturated heterocycles. The lowest BCUT2D eigenvalue weighted by Gasteiger charge is -2.22. The lowest BCUT2D eigenvalue weighted by atomic mass is 9.97. The van der Waals surface area contributed by atoms with Crippen molar-refractivity contribution in [1.29, 1.82) is 0 Å². The summed E-state index contributed by atoms with van der Waals surface area (Å²) in [6.45, 7) is 13.0. The molecule has 0 spiro atoms. The molecule has 128 valence electrons. The predicted octanol–water partition coefficient (Wildman–Crippen LogP) is 6.78. The van der Waals surface area contributed by atoms with Crippen molar-refractivity contribution in [2.24, 2.45) is 0 Å². The van der Waals surface area contributed by atoms with E-state index in [1.807, 2.05) is 0 Å². The summed E-state index contributed by atoms with van der Waals surface area (Å²) in [6.07, 6.45) is 6.59. The Morgan fingerprint density at radius 3 is 2.32 bits per heavy atom. The number of hydrogen-bond acceptors (Lipinski definition) is 0. The molecule has 1 atom stereocenters. The largest absolute Gasteiger partial charge is 0.0915 e. The van der Waals surface area contributed by atoms with Crippen LogP contribution in [0.4, 0.5) is 0 Å². The van der Waals surface area contributed by atoms with Gasteiger partial charge in [-0.2, -0.15) is 0 Å². The Morgan fingerprint density at radius 1 is 1.04 bits per heavy atom. The number of rotatable bonds is 5. The third-order valence-corrected chi connectivity index (χ3v) is 6.29. The Morgan fingerprint density at radius 2 is 1.72 bits per heavy atom. The van der Waals surface area contributed by atoms with Crippen molar-refractivity contribution in [3.63, 3.8) is 0 Å². The molecule has 0 amide bonds. The molecule has 25 heavy (non-hydrogen) atoms. The minimum atomic E-state index is 0.149. The molecule has 1 aliphatic heterocycles. The maximum absolute atomic E-state index is 4.20. The van der Waals surface area contributed by atoms with Gasteiger partial charge in [0.25, 0.3) is 0 Å². The summed E-state index contributed by atoms with van der Waals surface area (Å²) in [7, 11) is 0.149. The van der Waals surface area contributed by atoms with Gasteiger partial charge in [-0.3, -0.25) is 0 Å². The van der Waals surface area contributed by atoms with E-state index >= 15 is 0 Å². The van der Waals surface area contributed by atoms with Gasteiger partial charge >= 0.3 is 0 Å². The molecule has 0 N–H and O–H groups in total. The van der Waals surface area contributed by atoms with Crippen LogP contribution in [0.15, 0.2) is 66.0 Å². The molecule has 0 aromatic heterocycles. The van der Waals surface area contributed by atoms with Gasteiger partial charge in [0.1, 0.15) is 0 Å². The van der Waals surface area contributed by atoms with E-state index in [4.69, 9.17) is 0 Å². The van der Waals surface area contributed by atoms with E-state index in [1.165, 1.54) is 50.7 Å². The van der Waals surface area contributed by atoms with Gasteiger partial charge < -0.3 is 0 Å². The first-order valence-electron chi connectivity index (χ1n) is 8.86. The first-order chi connectivity index (χ1) is 11.9. The molecule has 1 aliphatic rings. The van der Waals surface area contributed by atoms with Crippen molar-refractivity contribution in [1.82, 2.24) is 0 Å². The first kappa shape index (κ1) is 17.9. The zero-order chi connectivity index (χ0) is 18.0. The van der Waals surface area contributed by atoms with Crippen LogP contribution in [-0.2, 0) is 6.42 Å². The Kier molecular flexibility index (Phi) is 5.40. The molecule has 0 nitrogen and oxygen atoms in total. The van der Waals surface area contributed by atoms with Gasteiger partial charge in [-0.25, -0.2) is 0 Å². The summed E-state index contributed by atoms with van der Waals surface area (Å²) in [4.78, 5) is 0. The van der Waals surface area contributed by atoms with Crippen LogP contribution in [0.2, 0.25) is 0 Å². The summed E-state index contributed by atoms with van der Waals surface area (Å²) < 4.78 is 0. The summed E-state index contributed by atoms with van der Waals surface area (Å²) in [5.41, 5.74) is 10.6. The van der Waals surface area contributed by atoms with Gasteiger partial charge in [0.15, 0.2) is 0 Å². The predicted molar refractivity (Wildman–Crippen MR) is 114 cm³/mol. The Hall–Kier alpha value is -1.91. The van der Waals surface area contributed by atoms with Crippen molar-refractivity contribution >= 4 is 14.0 Å². The fourth-order valence-corrected chi connectivity index (χ4v) is 4.82. The van der Waals surface area contributed by atoms with Crippen LogP contribution in [0.1, 0.15) is 33.4 Å². The summed E-state index contributed by atoms with van der Waals surface area (Å²) in [5, 5.41) is 0. The fourth-order valence-electron chi connectivity index (χ4n) is 3.43. The van der Waals surface area contributed by atoms with E-state index in [1.54, 1.807) is 0 Å². The van der Waals surface area contributed by atoms with Crippen LogP contribution in [0, 0.1) is 20.8 Å². The number of hydrogen-bond donors (Lipinski definition) is 0. The van der Waals surface area contributed by atoms with Crippen molar-refractivity contribution in [2.45, 2.75) is 27.2 Å². The average molecular weight is 346 g/mol. The van der Waals surface area contributed by atoms with E-state index < -0.39 is 0 Å². The van der Waals surface area contributed by atoms with E-state index in [0.29, 0.717) is 0 Å². The Bertz CT molecular complexity index is 847. The summed E-state index contributed by atoms with van der Waals surface area (Å²) in [5.74, 6) is 2.38. The lowest BCUT2D eigenvalue weighted by Crippen LogP contribution is -1.99. The molecule has 2 aromatic carbocycles. The van der Waals surface area contributed by atoms with Crippen LogP contribution in [0.5, 0.6) is 0 Å².